The molecule has 88 valence electrons. The van der Waals surface area contributed by atoms with Gasteiger partial charge in [-0.25, -0.2) is 0 Å². The fourth-order valence-electron chi connectivity index (χ4n) is 1.70. The van der Waals surface area contributed by atoms with Crippen molar-refractivity contribution < 1.29 is 5.48 Å². The maximum Gasteiger partial charge on any atom is -0.00669 e. The third-order valence-electron chi connectivity index (χ3n) is 2.45. The summed E-state index contributed by atoms with van der Waals surface area (Å²) in [5.74, 6) is 0. The first-order valence-corrected chi connectivity index (χ1v) is 6.93. The van der Waals surface area contributed by atoms with E-state index < -0.39 is 0 Å². The molecule has 0 aliphatic carbocycles. The van der Waals surface area contributed by atoms with Crippen LogP contribution in [0.25, 0.3) is 0 Å². The molecule has 2 aromatic rings. The van der Waals surface area contributed by atoms with Gasteiger partial charge in [0.15, 0.2) is 0 Å². The van der Waals surface area contributed by atoms with E-state index in [1.807, 2.05) is 6.08 Å². The molecule has 0 amide bonds. The predicted octanol–water partition coefficient (Wildman–Crippen LogP) is 2.48. The third kappa shape index (κ3) is 3.52. The first-order valence-electron chi connectivity index (χ1n) is 5.40. The molecule has 2 N–H and O–H groups in total. The standard InChI is InChI=1S/C15H15P.H2O/c1-2-13-16(14-9-5-3-6-10-14)15-11-7-4-8-12-15;/h2-12H,1,13H2;1H2. The Kier molecular flexibility index (Phi) is 5.62. The van der Waals surface area contributed by atoms with Crippen LogP contribution in [0.1, 0.15) is 0 Å². The van der Waals surface area contributed by atoms with E-state index in [1.54, 1.807) is 0 Å². The molecular formula is C15H17OP. The maximum absolute atomic E-state index is 3.87. The second-order valence-corrected chi connectivity index (χ2v) is 5.82. The lowest BCUT2D eigenvalue weighted by Gasteiger charge is -2.16. The van der Waals surface area contributed by atoms with Gasteiger partial charge in [0.1, 0.15) is 0 Å². The van der Waals surface area contributed by atoms with Crippen molar-refractivity contribution >= 4 is 18.5 Å². The van der Waals surface area contributed by atoms with Crippen LogP contribution in [0.3, 0.4) is 0 Å². The largest absolute Gasteiger partial charge is 0.412 e. The Morgan fingerprint density at radius 1 is 0.824 bits per heavy atom. The van der Waals surface area contributed by atoms with Crippen LogP contribution in [0, 0.1) is 0 Å². The molecule has 2 aromatic carbocycles. The normalized spacial score (nSPS) is 9.71. The van der Waals surface area contributed by atoms with Gasteiger partial charge in [-0.2, -0.15) is 0 Å². The summed E-state index contributed by atoms with van der Waals surface area (Å²) in [6, 6.07) is 21.4. The zero-order valence-electron chi connectivity index (χ0n) is 9.71. The van der Waals surface area contributed by atoms with Crippen LogP contribution in [0.2, 0.25) is 0 Å². The lowest BCUT2D eigenvalue weighted by molar-refractivity contribution is 0.824. The number of hydrogen-bond acceptors (Lipinski definition) is 0. The fourth-order valence-corrected chi connectivity index (χ4v) is 3.75. The van der Waals surface area contributed by atoms with Crippen molar-refractivity contribution in [3.63, 3.8) is 0 Å². The Hall–Kier alpha value is -1.43. The fraction of sp³-hybridized carbons (Fsp3) is 0.0667. The van der Waals surface area contributed by atoms with Gasteiger partial charge in [0, 0.05) is 0 Å². The van der Waals surface area contributed by atoms with E-state index in [0.29, 0.717) is 0 Å². The zero-order chi connectivity index (χ0) is 11.2. The molecule has 0 aliphatic heterocycles. The van der Waals surface area contributed by atoms with E-state index in [4.69, 9.17) is 0 Å². The first kappa shape index (κ1) is 13.6. The zero-order valence-corrected chi connectivity index (χ0v) is 10.6. The summed E-state index contributed by atoms with van der Waals surface area (Å²) in [6.45, 7) is 3.87. The number of benzene rings is 2. The van der Waals surface area contributed by atoms with Crippen molar-refractivity contribution in [1.82, 2.24) is 0 Å². The highest BCUT2D eigenvalue weighted by Gasteiger charge is 2.10. The van der Waals surface area contributed by atoms with E-state index in [-0.39, 0.29) is 13.4 Å². The van der Waals surface area contributed by atoms with Crippen molar-refractivity contribution in [2.24, 2.45) is 0 Å². The summed E-state index contributed by atoms with van der Waals surface area (Å²) < 4.78 is 0. The van der Waals surface area contributed by atoms with Crippen LogP contribution < -0.4 is 10.6 Å². The summed E-state index contributed by atoms with van der Waals surface area (Å²) in [5, 5.41) is 2.84. The first-order chi connectivity index (χ1) is 7.92. The Bertz CT molecular complexity index is 399. The predicted molar refractivity (Wildman–Crippen MR) is 77.7 cm³/mol. The summed E-state index contributed by atoms with van der Waals surface area (Å²) in [6.07, 6.45) is 3.06. The molecule has 0 spiro atoms. The molecule has 0 radical (unpaired) electrons. The minimum atomic E-state index is -0.269. The molecule has 0 heterocycles. The van der Waals surface area contributed by atoms with Gasteiger partial charge in [-0.15, -0.1) is 6.58 Å². The highest BCUT2D eigenvalue weighted by Crippen LogP contribution is 2.32. The molecule has 2 heteroatoms. The summed E-state index contributed by atoms with van der Waals surface area (Å²) in [5.41, 5.74) is 0. The van der Waals surface area contributed by atoms with Crippen LogP contribution in [0.4, 0.5) is 0 Å². The molecule has 0 saturated carbocycles. The highest BCUT2D eigenvalue weighted by molar-refractivity contribution is 7.73. The second-order valence-electron chi connectivity index (χ2n) is 3.57. The monoisotopic (exact) mass is 244 g/mol. The third-order valence-corrected chi connectivity index (χ3v) is 4.91. The molecule has 17 heavy (non-hydrogen) atoms. The van der Waals surface area contributed by atoms with Crippen LogP contribution in [-0.4, -0.2) is 11.6 Å². The molecule has 0 atom stereocenters. The van der Waals surface area contributed by atoms with Crippen LogP contribution in [0.5, 0.6) is 0 Å². The second kappa shape index (κ2) is 7.01. The molecule has 0 aliphatic rings. The van der Waals surface area contributed by atoms with Crippen molar-refractivity contribution in [2.75, 3.05) is 6.16 Å². The Morgan fingerprint density at radius 2 is 1.24 bits per heavy atom. The van der Waals surface area contributed by atoms with E-state index >= 15 is 0 Å². The Balaban J connectivity index is 0.00000144. The van der Waals surface area contributed by atoms with E-state index in [1.165, 1.54) is 10.6 Å². The van der Waals surface area contributed by atoms with Gasteiger partial charge in [-0.05, 0) is 24.7 Å². The smallest absolute Gasteiger partial charge is 0.00669 e. The van der Waals surface area contributed by atoms with E-state index in [9.17, 15) is 0 Å². The van der Waals surface area contributed by atoms with Crippen LogP contribution >= 0.6 is 7.92 Å². The highest BCUT2D eigenvalue weighted by atomic mass is 31.1. The molecule has 0 aromatic heterocycles. The summed E-state index contributed by atoms with van der Waals surface area (Å²) >= 11 is 0. The van der Waals surface area contributed by atoms with Gasteiger partial charge in [-0.3, -0.25) is 0 Å². The van der Waals surface area contributed by atoms with Crippen molar-refractivity contribution in [3.8, 4) is 0 Å². The van der Waals surface area contributed by atoms with Crippen molar-refractivity contribution in [2.45, 2.75) is 0 Å². The number of allylic oxidation sites excluding steroid dienone is 1. The average molecular weight is 244 g/mol. The molecule has 2 rings (SSSR count). The molecule has 0 saturated heterocycles. The number of hydrogen-bond donors (Lipinski definition) is 0. The minimum absolute atomic E-state index is 0. The maximum atomic E-state index is 3.87. The van der Waals surface area contributed by atoms with Gasteiger partial charge in [0.25, 0.3) is 0 Å². The van der Waals surface area contributed by atoms with Crippen LogP contribution in [-0.2, 0) is 0 Å². The van der Waals surface area contributed by atoms with E-state index in [2.05, 4.69) is 67.2 Å². The van der Waals surface area contributed by atoms with Crippen LogP contribution in [0.15, 0.2) is 73.3 Å². The van der Waals surface area contributed by atoms with Crippen molar-refractivity contribution in [1.29, 1.82) is 0 Å². The van der Waals surface area contributed by atoms with Gasteiger partial charge < -0.3 is 5.48 Å². The quantitative estimate of drug-likeness (QED) is 0.584. The van der Waals surface area contributed by atoms with Gasteiger partial charge >= 0.3 is 0 Å². The Labute approximate surface area is 104 Å². The average Bonchev–Trinajstić information content (AvgIpc) is 2.38. The molecule has 0 unspecified atom stereocenters. The van der Waals surface area contributed by atoms with Gasteiger partial charge in [-0.1, -0.05) is 66.7 Å². The minimum Gasteiger partial charge on any atom is -0.412 e. The van der Waals surface area contributed by atoms with E-state index in [0.717, 1.165) is 6.16 Å². The molecule has 0 fully saturated rings. The topological polar surface area (TPSA) is 31.5 Å². The van der Waals surface area contributed by atoms with Gasteiger partial charge in [0.2, 0.25) is 0 Å². The SMILES string of the molecule is C=CCP(c1ccccc1)c1ccccc1.O. The number of rotatable bonds is 4. The molecular weight excluding hydrogens is 227 g/mol. The summed E-state index contributed by atoms with van der Waals surface area (Å²) in [7, 11) is -0.269. The lowest BCUT2D eigenvalue weighted by Crippen LogP contribution is -2.12. The molecule has 0 bridgehead atoms. The van der Waals surface area contributed by atoms with Gasteiger partial charge in [0.05, 0.1) is 0 Å². The van der Waals surface area contributed by atoms with Crippen molar-refractivity contribution in [3.05, 3.63) is 73.3 Å². The summed E-state index contributed by atoms with van der Waals surface area (Å²) in [4.78, 5) is 0. The lowest BCUT2D eigenvalue weighted by atomic mass is 10.4. The Morgan fingerprint density at radius 3 is 1.59 bits per heavy atom. The molecule has 1 nitrogen and oxygen atoms in total.